The van der Waals surface area contributed by atoms with E-state index in [-0.39, 0.29) is 6.23 Å². The molecule has 2 heterocycles. The van der Waals surface area contributed by atoms with Gasteiger partial charge in [-0.15, -0.1) is 0 Å². The third kappa shape index (κ3) is 3.11. The van der Waals surface area contributed by atoms with Gasteiger partial charge < -0.3 is 4.74 Å². The van der Waals surface area contributed by atoms with E-state index in [2.05, 4.69) is 12.4 Å². The molecule has 3 rings (SSSR count). The molecule has 0 saturated carbocycles. The van der Waals surface area contributed by atoms with Crippen molar-refractivity contribution in [3.05, 3.63) is 22.8 Å². The Balaban J connectivity index is 0.000000774. The highest BCUT2D eigenvalue weighted by molar-refractivity contribution is 6.57. The lowest BCUT2D eigenvalue weighted by molar-refractivity contribution is -0.0366. The molecule has 1 radical (unpaired) electrons. The van der Waals surface area contributed by atoms with Gasteiger partial charge in [-0.25, -0.2) is 4.68 Å². The van der Waals surface area contributed by atoms with Crippen molar-refractivity contribution in [2.45, 2.75) is 53.1 Å². The van der Waals surface area contributed by atoms with Gasteiger partial charge in [-0.1, -0.05) is 37.7 Å². The molecule has 1 saturated heterocycles. The molecule has 1 aliphatic rings. The highest BCUT2D eigenvalue weighted by Crippen LogP contribution is 2.28. The van der Waals surface area contributed by atoms with Crippen LogP contribution in [0.15, 0.2) is 12.3 Å². The molecule has 2 aromatic rings. The summed E-state index contributed by atoms with van der Waals surface area (Å²) in [6, 6.07) is 2.00. The van der Waals surface area contributed by atoms with Gasteiger partial charge in [-0.2, -0.15) is 5.10 Å². The van der Waals surface area contributed by atoms with Crippen LogP contribution in [0.5, 0.6) is 0 Å². The van der Waals surface area contributed by atoms with Crippen molar-refractivity contribution in [3.8, 4) is 0 Å². The van der Waals surface area contributed by atoms with Crippen LogP contribution in [-0.4, -0.2) is 23.7 Å². The number of halogens is 1. The van der Waals surface area contributed by atoms with Gasteiger partial charge >= 0.3 is 0 Å². The average molecular weight is 306 g/mol. The standard InChI is InChI=1S/C14H17BClN2O.C2H6/c1-9-11(16)7-12-10(14(9)15-2)8-17-18(12)13-5-3-4-6-19-13;1-2/h7-8,13H,3-6H2,1-2H3;1-2H3. The fraction of sp³-hybridized carbons (Fsp3) is 0.562. The number of benzene rings is 1. The van der Waals surface area contributed by atoms with E-state index in [1.165, 1.54) is 11.9 Å². The number of hydrogen-bond donors (Lipinski definition) is 0. The van der Waals surface area contributed by atoms with Crippen molar-refractivity contribution < 1.29 is 4.74 Å². The number of fused-ring (bicyclic) bond motifs is 1. The lowest BCUT2D eigenvalue weighted by Gasteiger charge is -2.23. The Morgan fingerprint density at radius 1 is 1.38 bits per heavy atom. The Labute approximate surface area is 132 Å². The maximum atomic E-state index is 6.34. The molecule has 3 nitrogen and oxygen atoms in total. The minimum Gasteiger partial charge on any atom is -0.356 e. The molecule has 1 fully saturated rings. The number of rotatable bonds is 2. The topological polar surface area (TPSA) is 27.1 Å². The lowest BCUT2D eigenvalue weighted by Crippen LogP contribution is -2.20. The van der Waals surface area contributed by atoms with Gasteiger partial charge in [0.25, 0.3) is 0 Å². The minimum absolute atomic E-state index is 0.0507. The Morgan fingerprint density at radius 2 is 2.14 bits per heavy atom. The predicted molar refractivity (Wildman–Crippen MR) is 90.9 cm³/mol. The molecular weight excluding hydrogens is 282 g/mol. The quantitative estimate of drug-likeness (QED) is 0.781. The molecule has 1 atom stereocenters. The smallest absolute Gasteiger partial charge is 0.150 e. The first-order valence-corrected chi connectivity index (χ1v) is 8.17. The number of aromatic nitrogens is 2. The number of nitrogens with zero attached hydrogens (tertiary/aromatic N) is 2. The largest absolute Gasteiger partial charge is 0.356 e. The molecule has 1 unspecified atom stereocenters. The van der Waals surface area contributed by atoms with Crippen molar-refractivity contribution in [2.75, 3.05) is 6.61 Å². The molecule has 1 aromatic carbocycles. The Morgan fingerprint density at radius 3 is 2.76 bits per heavy atom. The van der Waals surface area contributed by atoms with E-state index in [0.717, 1.165) is 40.9 Å². The maximum Gasteiger partial charge on any atom is 0.150 e. The van der Waals surface area contributed by atoms with E-state index < -0.39 is 0 Å². The van der Waals surface area contributed by atoms with Crippen LogP contribution in [0.25, 0.3) is 10.9 Å². The fourth-order valence-electron chi connectivity index (χ4n) is 2.80. The minimum atomic E-state index is 0.0507. The summed E-state index contributed by atoms with van der Waals surface area (Å²) in [7, 11) is 2.09. The zero-order valence-corrected chi connectivity index (χ0v) is 14.1. The summed E-state index contributed by atoms with van der Waals surface area (Å²) in [5, 5.41) is 6.46. The SMILES string of the molecule is CC.C[B]c1c(C)c(Cl)cc2c1cnn2C1CCCCO1. The molecule has 1 aromatic heterocycles. The highest BCUT2D eigenvalue weighted by Gasteiger charge is 2.20. The molecule has 0 bridgehead atoms. The molecule has 5 heteroatoms. The first-order chi connectivity index (χ1) is 10.2. The summed E-state index contributed by atoms with van der Waals surface area (Å²) in [5.74, 6) is 0. The van der Waals surface area contributed by atoms with Gasteiger partial charge in [0.2, 0.25) is 0 Å². The molecular formula is C16H23BClN2O. The Kier molecular flexibility index (Phi) is 5.71. The summed E-state index contributed by atoms with van der Waals surface area (Å²) in [6.07, 6.45) is 5.33. The molecule has 1 aliphatic heterocycles. The first kappa shape index (κ1) is 16.4. The molecule has 0 spiro atoms. The summed E-state index contributed by atoms with van der Waals surface area (Å²) < 4.78 is 7.80. The van der Waals surface area contributed by atoms with Crippen LogP contribution in [0.1, 0.15) is 44.9 Å². The van der Waals surface area contributed by atoms with Gasteiger partial charge in [-0.05, 0) is 37.8 Å². The zero-order chi connectivity index (χ0) is 15.4. The van der Waals surface area contributed by atoms with Crippen LogP contribution >= 0.6 is 11.6 Å². The van der Waals surface area contributed by atoms with Crippen molar-refractivity contribution in [3.63, 3.8) is 0 Å². The number of ether oxygens (including phenoxy) is 1. The van der Waals surface area contributed by atoms with Crippen LogP contribution in [-0.2, 0) is 4.74 Å². The average Bonchev–Trinajstić information content (AvgIpc) is 2.94. The Hall–Kier alpha value is -0.995. The first-order valence-electron chi connectivity index (χ1n) is 7.79. The summed E-state index contributed by atoms with van der Waals surface area (Å²) in [5.41, 5.74) is 3.35. The van der Waals surface area contributed by atoms with Crippen LogP contribution in [0.4, 0.5) is 0 Å². The molecule has 113 valence electrons. The van der Waals surface area contributed by atoms with Crippen LogP contribution in [0.3, 0.4) is 0 Å². The second-order valence-corrected chi connectivity index (χ2v) is 5.44. The maximum absolute atomic E-state index is 6.34. The van der Waals surface area contributed by atoms with Gasteiger partial charge in [0.05, 0.1) is 11.7 Å². The molecule has 21 heavy (non-hydrogen) atoms. The Bertz CT molecular complexity index is 606. The van der Waals surface area contributed by atoms with Crippen LogP contribution < -0.4 is 5.46 Å². The number of hydrogen-bond acceptors (Lipinski definition) is 2. The van der Waals surface area contributed by atoms with E-state index in [1.54, 1.807) is 0 Å². The summed E-state index contributed by atoms with van der Waals surface area (Å²) >= 11 is 6.34. The monoisotopic (exact) mass is 305 g/mol. The van der Waals surface area contributed by atoms with Gasteiger partial charge in [-0.3, -0.25) is 0 Å². The highest BCUT2D eigenvalue weighted by atomic mass is 35.5. The molecule has 0 aliphatic carbocycles. The van der Waals surface area contributed by atoms with Gasteiger partial charge in [0, 0.05) is 17.0 Å². The van der Waals surface area contributed by atoms with E-state index in [4.69, 9.17) is 16.3 Å². The van der Waals surface area contributed by atoms with E-state index in [0.29, 0.717) is 0 Å². The second kappa shape index (κ2) is 7.32. The molecule has 0 N–H and O–H groups in total. The van der Waals surface area contributed by atoms with E-state index >= 15 is 0 Å². The fourth-order valence-corrected chi connectivity index (χ4v) is 3.01. The predicted octanol–water partition coefficient (Wildman–Crippen LogP) is 4.10. The van der Waals surface area contributed by atoms with Crippen molar-refractivity contribution in [1.82, 2.24) is 9.78 Å². The third-order valence-corrected chi connectivity index (χ3v) is 4.26. The van der Waals surface area contributed by atoms with Crippen molar-refractivity contribution >= 4 is 35.2 Å². The van der Waals surface area contributed by atoms with E-state index in [9.17, 15) is 0 Å². The van der Waals surface area contributed by atoms with E-state index in [1.807, 2.05) is 44.5 Å². The normalized spacial score (nSPS) is 18.2. The van der Waals surface area contributed by atoms with Gasteiger partial charge in [0.1, 0.15) is 7.28 Å². The zero-order valence-electron chi connectivity index (χ0n) is 13.3. The van der Waals surface area contributed by atoms with Crippen molar-refractivity contribution in [2.24, 2.45) is 0 Å². The summed E-state index contributed by atoms with van der Waals surface area (Å²) in [6.45, 7) is 8.90. The third-order valence-electron chi connectivity index (χ3n) is 3.87. The second-order valence-electron chi connectivity index (χ2n) is 5.03. The van der Waals surface area contributed by atoms with Crippen molar-refractivity contribution in [1.29, 1.82) is 0 Å². The van der Waals surface area contributed by atoms with Crippen LogP contribution in [0.2, 0.25) is 11.8 Å². The molecule has 0 amide bonds. The van der Waals surface area contributed by atoms with Gasteiger partial charge in [0.15, 0.2) is 6.23 Å². The lowest BCUT2D eigenvalue weighted by atomic mass is 9.69. The summed E-state index contributed by atoms with van der Waals surface area (Å²) in [4.78, 5) is 0. The van der Waals surface area contributed by atoms with Crippen LogP contribution in [0, 0.1) is 6.92 Å².